The van der Waals surface area contributed by atoms with Crippen LogP contribution in [0.5, 0.6) is 0 Å². The molecule has 3 rings (SSSR count). The van der Waals surface area contributed by atoms with Gasteiger partial charge in [0.1, 0.15) is 5.84 Å². The highest BCUT2D eigenvalue weighted by atomic mass is 17.2. The summed E-state index contributed by atoms with van der Waals surface area (Å²) >= 11 is 0. The Morgan fingerprint density at radius 2 is 2.11 bits per heavy atom. The van der Waals surface area contributed by atoms with Gasteiger partial charge in [-0.15, -0.1) is 0 Å². The van der Waals surface area contributed by atoms with Crippen molar-refractivity contribution in [2.75, 3.05) is 6.61 Å². The van der Waals surface area contributed by atoms with E-state index in [-0.39, 0.29) is 5.41 Å². The second-order valence-electron chi connectivity index (χ2n) is 6.27. The van der Waals surface area contributed by atoms with E-state index < -0.39 is 5.72 Å². The standard InChI is InChI=1S/C15H20N2O2/c1-14(2,3)10-6-4-7-11-12(10)13(16)17-15(11)8-5-9-18-19-15/h4,6-7H,5,8-9H2,1-3H3,(H2,16,17). The third kappa shape index (κ3) is 1.86. The molecule has 0 aliphatic carbocycles. The quantitative estimate of drug-likeness (QED) is 0.729. The normalized spacial score (nSPS) is 26.4. The smallest absolute Gasteiger partial charge is 0.221 e. The fourth-order valence-electron chi connectivity index (χ4n) is 2.90. The lowest BCUT2D eigenvalue weighted by molar-refractivity contribution is -0.386. The van der Waals surface area contributed by atoms with Gasteiger partial charge in [-0.2, -0.15) is 0 Å². The van der Waals surface area contributed by atoms with Gasteiger partial charge in [-0.1, -0.05) is 39.0 Å². The van der Waals surface area contributed by atoms with Crippen LogP contribution in [0, 0.1) is 0 Å². The number of hydrogen-bond acceptors (Lipinski definition) is 4. The lowest BCUT2D eigenvalue weighted by Gasteiger charge is -2.30. The zero-order valence-corrected chi connectivity index (χ0v) is 11.7. The molecule has 1 aromatic carbocycles. The number of fused-ring (bicyclic) bond motifs is 2. The monoisotopic (exact) mass is 260 g/mol. The largest absolute Gasteiger partial charge is 0.383 e. The molecule has 19 heavy (non-hydrogen) atoms. The Bertz CT molecular complexity index is 538. The fraction of sp³-hybridized carbons (Fsp3) is 0.533. The summed E-state index contributed by atoms with van der Waals surface area (Å²) < 4.78 is 0. The van der Waals surface area contributed by atoms with Crippen LogP contribution in [0.25, 0.3) is 0 Å². The zero-order valence-electron chi connectivity index (χ0n) is 11.7. The molecule has 1 aromatic rings. The molecule has 1 unspecified atom stereocenters. The molecular formula is C15H20N2O2. The maximum atomic E-state index is 6.16. The van der Waals surface area contributed by atoms with Crippen molar-refractivity contribution in [1.82, 2.24) is 0 Å². The number of nitrogens with two attached hydrogens (primary N) is 1. The number of rotatable bonds is 0. The molecule has 1 saturated heterocycles. The van der Waals surface area contributed by atoms with Crippen LogP contribution in [0.2, 0.25) is 0 Å². The van der Waals surface area contributed by atoms with Crippen LogP contribution in [-0.4, -0.2) is 12.4 Å². The molecule has 2 heterocycles. The van der Waals surface area contributed by atoms with Crippen LogP contribution in [0.3, 0.4) is 0 Å². The van der Waals surface area contributed by atoms with Gasteiger partial charge in [0, 0.05) is 17.5 Å². The summed E-state index contributed by atoms with van der Waals surface area (Å²) in [4.78, 5) is 15.3. The number of amidine groups is 1. The van der Waals surface area contributed by atoms with Gasteiger partial charge < -0.3 is 5.73 Å². The van der Waals surface area contributed by atoms with Crippen LogP contribution < -0.4 is 5.73 Å². The van der Waals surface area contributed by atoms with Gasteiger partial charge >= 0.3 is 0 Å². The van der Waals surface area contributed by atoms with Crippen molar-refractivity contribution in [2.45, 2.75) is 44.8 Å². The highest BCUT2D eigenvalue weighted by Crippen LogP contribution is 2.44. The Morgan fingerprint density at radius 1 is 1.32 bits per heavy atom. The number of nitrogens with zero attached hydrogens (tertiary/aromatic N) is 1. The average Bonchev–Trinajstić information content (AvgIpc) is 2.63. The second-order valence-corrected chi connectivity index (χ2v) is 6.27. The Balaban J connectivity index is 2.18. The van der Waals surface area contributed by atoms with Crippen molar-refractivity contribution in [3.05, 3.63) is 34.9 Å². The highest BCUT2D eigenvalue weighted by Gasteiger charge is 2.45. The first-order valence-corrected chi connectivity index (χ1v) is 6.74. The van der Waals surface area contributed by atoms with Crippen molar-refractivity contribution in [3.8, 4) is 0 Å². The van der Waals surface area contributed by atoms with E-state index in [0.717, 1.165) is 24.0 Å². The summed E-state index contributed by atoms with van der Waals surface area (Å²) in [6.45, 7) is 7.16. The van der Waals surface area contributed by atoms with E-state index in [1.165, 1.54) is 5.56 Å². The lowest BCUT2D eigenvalue weighted by atomic mass is 9.81. The molecule has 1 fully saturated rings. The van der Waals surface area contributed by atoms with Crippen LogP contribution >= 0.6 is 0 Å². The minimum Gasteiger partial charge on any atom is -0.383 e. The van der Waals surface area contributed by atoms with Crippen molar-refractivity contribution in [2.24, 2.45) is 10.7 Å². The summed E-state index contributed by atoms with van der Waals surface area (Å²) in [7, 11) is 0. The number of aliphatic imine (C=N–C) groups is 1. The Kier molecular flexibility index (Phi) is 2.69. The summed E-state index contributed by atoms with van der Waals surface area (Å²) in [6.07, 6.45) is 1.74. The second kappa shape index (κ2) is 4.05. The highest BCUT2D eigenvalue weighted by molar-refractivity contribution is 6.03. The predicted molar refractivity (Wildman–Crippen MR) is 73.8 cm³/mol. The maximum absolute atomic E-state index is 6.16. The van der Waals surface area contributed by atoms with Gasteiger partial charge in [0.25, 0.3) is 0 Å². The first-order valence-electron chi connectivity index (χ1n) is 6.74. The average molecular weight is 260 g/mol. The molecule has 0 saturated carbocycles. The van der Waals surface area contributed by atoms with Gasteiger partial charge in [-0.05, 0) is 17.4 Å². The van der Waals surface area contributed by atoms with Crippen LogP contribution in [-0.2, 0) is 20.9 Å². The first kappa shape index (κ1) is 12.6. The van der Waals surface area contributed by atoms with Crippen LogP contribution in [0.4, 0.5) is 0 Å². The molecule has 102 valence electrons. The summed E-state index contributed by atoms with van der Waals surface area (Å²) in [5, 5.41) is 0. The van der Waals surface area contributed by atoms with Crippen LogP contribution in [0.1, 0.15) is 50.3 Å². The van der Waals surface area contributed by atoms with E-state index in [9.17, 15) is 0 Å². The minimum absolute atomic E-state index is 0.0204. The third-order valence-corrected chi connectivity index (χ3v) is 3.79. The summed E-state index contributed by atoms with van der Waals surface area (Å²) in [5.41, 5.74) is 8.73. The number of benzene rings is 1. The molecule has 1 spiro atoms. The van der Waals surface area contributed by atoms with Gasteiger partial charge in [0.05, 0.1) is 6.61 Å². The van der Waals surface area contributed by atoms with Gasteiger partial charge in [0.15, 0.2) is 0 Å². The topological polar surface area (TPSA) is 56.8 Å². The third-order valence-electron chi connectivity index (χ3n) is 3.79. The molecule has 2 aliphatic rings. The minimum atomic E-state index is -0.723. The molecule has 0 bridgehead atoms. The summed E-state index contributed by atoms with van der Waals surface area (Å²) in [6, 6.07) is 6.21. The van der Waals surface area contributed by atoms with Gasteiger partial charge in [-0.3, -0.25) is 0 Å². The molecule has 4 nitrogen and oxygen atoms in total. The van der Waals surface area contributed by atoms with Crippen molar-refractivity contribution >= 4 is 5.84 Å². The molecular weight excluding hydrogens is 240 g/mol. The van der Waals surface area contributed by atoms with E-state index >= 15 is 0 Å². The molecule has 2 N–H and O–H groups in total. The van der Waals surface area contributed by atoms with E-state index in [0.29, 0.717) is 12.4 Å². The fourth-order valence-corrected chi connectivity index (χ4v) is 2.90. The molecule has 0 radical (unpaired) electrons. The van der Waals surface area contributed by atoms with E-state index in [1.54, 1.807) is 0 Å². The molecule has 1 atom stereocenters. The van der Waals surface area contributed by atoms with Crippen LogP contribution in [0.15, 0.2) is 23.2 Å². The van der Waals surface area contributed by atoms with Crippen molar-refractivity contribution in [1.29, 1.82) is 0 Å². The zero-order chi connectivity index (χ0) is 13.7. The number of hydrogen-bond donors (Lipinski definition) is 1. The Morgan fingerprint density at radius 3 is 2.74 bits per heavy atom. The van der Waals surface area contributed by atoms with E-state index in [4.69, 9.17) is 15.5 Å². The van der Waals surface area contributed by atoms with E-state index in [2.05, 4.69) is 31.8 Å². The Hall–Kier alpha value is -1.39. The van der Waals surface area contributed by atoms with Gasteiger partial charge in [-0.25, -0.2) is 14.8 Å². The summed E-state index contributed by atoms with van der Waals surface area (Å²) in [5.74, 6) is 0.561. The van der Waals surface area contributed by atoms with Crippen molar-refractivity contribution < 1.29 is 9.78 Å². The molecule has 2 aliphatic heterocycles. The maximum Gasteiger partial charge on any atom is 0.221 e. The predicted octanol–water partition coefficient (Wildman–Crippen LogP) is 2.60. The van der Waals surface area contributed by atoms with Gasteiger partial charge in [0.2, 0.25) is 5.72 Å². The molecule has 0 aromatic heterocycles. The Labute approximate surface area is 113 Å². The SMILES string of the molecule is CC(C)(C)c1cccc2c1C(N)=NC21CCCOO1. The molecule has 0 amide bonds. The first-order chi connectivity index (χ1) is 8.94. The lowest BCUT2D eigenvalue weighted by Crippen LogP contribution is -2.31. The van der Waals surface area contributed by atoms with Crippen molar-refractivity contribution in [3.63, 3.8) is 0 Å². The van der Waals surface area contributed by atoms with E-state index in [1.807, 2.05) is 12.1 Å². The molecule has 4 heteroatoms.